The number of nitrogens with one attached hydrogen (secondary N) is 1. The number of benzene rings is 2. The van der Waals surface area contributed by atoms with Gasteiger partial charge in [-0.05, 0) is 42.8 Å². The Hall–Kier alpha value is -2.56. The molecular formula is C14H13FN2O2. The molecule has 0 aliphatic rings. The minimum Gasteiger partial charge on any atom is -0.507 e. The molecule has 5 heteroatoms. The second-order valence-electron chi connectivity index (χ2n) is 4.21. The Morgan fingerprint density at radius 3 is 2.74 bits per heavy atom. The molecule has 2 aromatic rings. The van der Waals surface area contributed by atoms with E-state index in [1.54, 1.807) is 12.1 Å². The van der Waals surface area contributed by atoms with Crippen molar-refractivity contribution in [2.24, 2.45) is 0 Å². The van der Waals surface area contributed by atoms with Crippen molar-refractivity contribution in [3.8, 4) is 5.75 Å². The number of nitrogens with two attached hydrogens (primary N) is 1. The molecular weight excluding hydrogens is 247 g/mol. The van der Waals surface area contributed by atoms with Crippen LogP contribution in [0.5, 0.6) is 5.75 Å². The number of anilines is 2. The largest absolute Gasteiger partial charge is 0.507 e. The van der Waals surface area contributed by atoms with Gasteiger partial charge in [0.1, 0.15) is 11.6 Å². The zero-order valence-electron chi connectivity index (χ0n) is 10.3. The van der Waals surface area contributed by atoms with Gasteiger partial charge in [-0.15, -0.1) is 0 Å². The third-order valence-electron chi connectivity index (χ3n) is 2.66. The van der Waals surface area contributed by atoms with Gasteiger partial charge in [-0.1, -0.05) is 6.07 Å². The van der Waals surface area contributed by atoms with E-state index in [1.165, 1.54) is 0 Å². The van der Waals surface area contributed by atoms with Crippen molar-refractivity contribution >= 4 is 17.3 Å². The molecule has 0 atom stereocenters. The number of hydrogen-bond donors (Lipinski definition) is 3. The first-order chi connectivity index (χ1) is 8.97. The number of nitrogen functional groups attached to an aromatic ring is 1. The smallest absolute Gasteiger partial charge is 0.259 e. The molecule has 0 aliphatic carbocycles. The van der Waals surface area contributed by atoms with E-state index in [0.29, 0.717) is 11.4 Å². The lowest BCUT2D eigenvalue weighted by Gasteiger charge is -2.10. The van der Waals surface area contributed by atoms with Crippen LogP contribution < -0.4 is 11.1 Å². The Kier molecular flexibility index (Phi) is 3.37. The summed E-state index contributed by atoms with van der Waals surface area (Å²) in [5.74, 6) is -1.50. The van der Waals surface area contributed by atoms with Crippen LogP contribution in [0.4, 0.5) is 15.8 Å². The summed E-state index contributed by atoms with van der Waals surface area (Å²) in [4.78, 5) is 12.0. The van der Waals surface area contributed by atoms with Gasteiger partial charge in [0.05, 0.1) is 16.9 Å². The lowest BCUT2D eigenvalue weighted by atomic mass is 10.1. The molecule has 0 aliphatic heterocycles. The highest BCUT2D eigenvalue weighted by Crippen LogP contribution is 2.23. The summed E-state index contributed by atoms with van der Waals surface area (Å²) in [5, 5.41) is 12.1. The molecule has 0 aromatic heterocycles. The number of hydrogen-bond acceptors (Lipinski definition) is 3. The van der Waals surface area contributed by atoms with E-state index < -0.39 is 11.7 Å². The van der Waals surface area contributed by atoms with Gasteiger partial charge in [0.15, 0.2) is 0 Å². The van der Waals surface area contributed by atoms with E-state index in [-0.39, 0.29) is 11.3 Å². The molecule has 0 radical (unpaired) electrons. The van der Waals surface area contributed by atoms with Gasteiger partial charge < -0.3 is 16.2 Å². The molecule has 2 rings (SSSR count). The highest BCUT2D eigenvalue weighted by Gasteiger charge is 2.13. The second-order valence-corrected chi connectivity index (χ2v) is 4.21. The van der Waals surface area contributed by atoms with Gasteiger partial charge in [0, 0.05) is 0 Å². The Morgan fingerprint density at radius 1 is 1.26 bits per heavy atom. The van der Waals surface area contributed by atoms with Crippen LogP contribution in [-0.2, 0) is 0 Å². The van der Waals surface area contributed by atoms with Crippen molar-refractivity contribution < 1.29 is 14.3 Å². The Labute approximate surface area is 109 Å². The average Bonchev–Trinajstić information content (AvgIpc) is 2.36. The predicted octanol–water partition coefficient (Wildman–Crippen LogP) is 2.67. The first-order valence-corrected chi connectivity index (χ1v) is 5.63. The highest BCUT2D eigenvalue weighted by atomic mass is 19.1. The summed E-state index contributed by atoms with van der Waals surface area (Å²) in [5.41, 5.74) is 7.34. The predicted molar refractivity (Wildman–Crippen MR) is 71.6 cm³/mol. The summed E-state index contributed by atoms with van der Waals surface area (Å²) in [7, 11) is 0. The topological polar surface area (TPSA) is 75.3 Å². The van der Waals surface area contributed by atoms with E-state index in [4.69, 9.17) is 5.73 Å². The fourth-order valence-electron chi connectivity index (χ4n) is 1.66. The maximum atomic E-state index is 13.1. The van der Waals surface area contributed by atoms with Gasteiger partial charge in [0.2, 0.25) is 0 Å². The standard InChI is InChI=1S/C14H13FN2O2/c1-8-2-4-11(16)12(6-8)17-14(19)10-7-9(15)3-5-13(10)18/h2-7,18H,16H2,1H3,(H,17,19). The third-order valence-corrected chi connectivity index (χ3v) is 2.66. The molecule has 0 bridgehead atoms. The maximum absolute atomic E-state index is 13.1. The van der Waals surface area contributed by atoms with Crippen LogP contribution in [0.2, 0.25) is 0 Å². The van der Waals surface area contributed by atoms with Crippen molar-refractivity contribution in [3.63, 3.8) is 0 Å². The molecule has 0 unspecified atom stereocenters. The molecule has 98 valence electrons. The van der Waals surface area contributed by atoms with Crippen LogP contribution in [-0.4, -0.2) is 11.0 Å². The van der Waals surface area contributed by atoms with E-state index in [2.05, 4.69) is 5.32 Å². The average molecular weight is 260 g/mol. The maximum Gasteiger partial charge on any atom is 0.259 e. The van der Waals surface area contributed by atoms with E-state index in [9.17, 15) is 14.3 Å². The molecule has 19 heavy (non-hydrogen) atoms. The quantitative estimate of drug-likeness (QED) is 0.727. The Bertz CT molecular complexity index is 641. The molecule has 4 N–H and O–H groups in total. The summed E-state index contributed by atoms with van der Waals surface area (Å²) >= 11 is 0. The number of amides is 1. The molecule has 2 aromatic carbocycles. The lowest BCUT2D eigenvalue weighted by Crippen LogP contribution is -2.13. The van der Waals surface area contributed by atoms with Crippen LogP contribution in [0.3, 0.4) is 0 Å². The van der Waals surface area contributed by atoms with Gasteiger partial charge in [0.25, 0.3) is 5.91 Å². The van der Waals surface area contributed by atoms with Crippen LogP contribution in [0.1, 0.15) is 15.9 Å². The van der Waals surface area contributed by atoms with Crippen molar-refractivity contribution in [1.82, 2.24) is 0 Å². The number of rotatable bonds is 2. The number of aryl methyl sites for hydroxylation is 1. The number of aromatic hydroxyl groups is 1. The summed E-state index contributed by atoms with van der Waals surface area (Å²) < 4.78 is 13.1. The number of carbonyl (C=O) groups is 1. The molecule has 0 spiro atoms. The zero-order chi connectivity index (χ0) is 14.0. The third kappa shape index (κ3) is 2.82. The second kappa shape index (κ2) is 4.97. The highest BCUT2D eigenvalue weighted by molar-refractivity contribution is 6.07. The van der Waals surface area contributed by atoms with E-state index in [1.807, 2.05) is 13.0 Å². The normalized spacial score (nSPS) is 10.2. The number of halogens is 1. The summed E-state index contributed by atoms with van der Waals surface area (Å²) in [6, 6.07) is 8.35. The first kappa shape index (κ1) is 12.9. The van der Waals surface area contributed by atoms with Crippen molar-refractivity contribution in [2.75, 3.05) is 11.1 Å². The summed E-state index contributed by atoms with van der Waals surface area (Å²) in [6.45, 7) is 1.86. The monoisotopic (exact) mass is 260 g/mol. The van der Waals surface area contributed by atoms with Crippen LogP contribution in [0.15, 0.2) is 36.4 Å². The minimum atomic E-state index is -0.616. The SMILES string of the molecule is Cc1ccc(N)c(NC(=O)c2cc(F)ccc2O)c1. The summed E-state index contributed by atoms with van der Waals surface area (Å²) in [6.07, 6.45) is 0. The molecule has 4 nitrogen and oxygen atoms in total. The van der Waals surface area contributed by atoms with Gasteiger partial charge >= 0.3 is 0 Å². The number of phenolic OH excluding ortho intramolecular Hbond substituents is 1. The van der Waals surface area contributed by atoms with Crippen LogP contribution in [0, 0.1) is 12.7 Å². The van der Waals surface area contributed by atoms with Crippen molar-refractivity contribution in [1.29, 1.82) is 0 Å². The molecule has 0 saturated heterocycles. The van der Waals surface area contributed by atoms with E-state index >= 15 is 0 Å². The lowest BCUT2D eigenvalue weighted by molar-refractivity contribution is 0.102. The number of carbonyl (C=O) groups excluding carboxylic acids is 1. The van der Waals surface area contributed by atoms with Crippen molar-refractivity contribution in [3.05, 3.63) is 53.3 Å². The van der Waals surface area contributed by atoms with E-state index in [0.717, 1.165) is 23.8 Å². The van der Waals surface area contributed by atoms with Crippen LogP contribution in [0.25, 0.3) is 0 Å². The fraction of sp³-hybridized carbons (Fsp3) is 0.0714. The Balaban J connectivity index is 2.30. The minimum absolute atomic E-state index is 0.138. The first-order valence-electron chi connectivity index (χ1n) is 5.63. The molecule has 0 heterocycles. The fourth-order valence-corrected chi connectivity index (χ4v) is 1.66. The number of phenols is 1. The van der Waals surface area contributed by atoms with Crippen LogP contribution >= 0.6 is 0 Å². The van der Waals surface area contributed by atoms with Crippen molar-refractivity contribution in [2.45, 2.75) is 6.92 Å². The molecule has 1 amide bonds. The zero-order valence-corrected chi connectivity index (χ0v) is 10.3. The van der Waals surface area contributed by atoms with Gasteiger partial charge in [-0.2, -0.15) is 0 Å². The van der Waals surface area contributed by atoms with Gasteiger partial charge in [-0.3, -0.25) is 4.79 Å². The van der Waals surface area contributed by atoms with Gasteiger partial charge in [-0.25, -0.2) is 4.39 Å². The molecule has 0 fully saturated rings. The molecule has 0 saturated carbocycles. The Morgan fingerprint density at radius 2 is 2.00 bits per heavy atom.